The van der Waals surface area contributed by atoms with Crippen LogP contribution in [0.1, 0.15) is 104 Å². The summed E-state index contributed by atoms with van der Waals surface area (Å²) in [5, 5.41) is 3.54. The Bertz CT molecular complexity index is 413. The summed E-state index contributed by atoms with van der Waals surface area (Å²) in [6.07, 6.45) is 16.2. The van der Waals surface area contributed by atoms with E-state index in [2.05, 4.69) is 12.2 Å². The highest BCUT2D eigenvalue weighted by atomic mass is 16.6. The second-order valence-electron chi connectivity index (χ2n) is 7.97. The number of rotatable bonds is 14. The van der Waals surface area contributed by atoms with Crippen molar-refractivity contribution in [2.45, 2.75) is 122 Å². The molecule has 5 heteroatoms. The van der Waals surface area contributed by atoms with Gasteiger partial charge < -0.3 is 14.8 Å². The minimum atomic E-state index is -0.296. The van der Waals surface area contributed by atoms with E-state index in [0.717, 1.165) is 19.3 Å². The van der Waals surface area contributed by atoms with Gasteiger partial charge in [0.1, 0.15) is 12.7 Å². The summed E-state index contributed by atoms with van der Waals surface area (Å²) in [5.74, 6) is -0.571. The highest BCUT2D eigenvalue weighted by molar-refractivity contribution is 5.66. The zero-order valence-corrected chi connectivity index (χ0v) is 17.8. The van der Waals surface area contributed by atoms with Crippen LogP contribution in [0.5, 0.6) is 0 Å². The first-order chi connectivity index (χ1) is 13.0. The van der Waals surface area contributed by atoms with Crippen LogP contribution in [0, 0.1) is 0 Å². The molecule has 1 saturated heterocycles. The molecule has 1 N–H and O–H groups in total. The van der Waals surface area contributed by atoms with Crippen molar-refractivity contribution < 1.29 is 19.1 Å². The van der Waals surface area contributed by atoms with Gasteiger partial charge in [0.25, 0.3) is 0 Å². The van der Waals surface area contributed by atoms with Crippen LogP contribution in [0.3, 0.4) is 0 Å². The van der Waals surface area contributed by atoms with Gasteiger partial charge in [0.05, 0.1) is 6.04 Å². The van der Waals surface area contributed by atoms with Crippen LogP contribution in [0.15, 0.2) is 0 Å². The molecule has 0 saturated carbocycles. The average Bonchev–Trinajstić information content (AvgIpc) is 2.62. The van der Waals surface area contributed by atoms with E-state index in [1.807, 2.05) is 0 Å². The van der Waals surface area contributed by atoms with Crippen molar-refractivity contribution in [3.8, 4) is 0 Å². The van der Waals surface area contributed by atoms with E-state index in [9.17, 15) is 9.59 Å². The Kier molecular flexibility index (Phi) is 13.2. The van der Waals surface area contributed by atoms with Crippen molar-refractivity contribution in [1.29, 1.82) is 0 Å². The summed E-state index contributed by atoms with van der Waals surface area (Å²) in [6.45, 7) is 5.36. The number of unbranched alkanes of at least 4 members (excludes halogenated alkanes) is 9. The molecule has 1 aliphatic rings. The second-order valence-corrected chi connectivity index (χ2v) is 7.97. The van der Waals surface area contributed by atoms with Crippen LogP contribution in [0.2, 0.25) is 0 Å². The largest absolute Gasteiger partial charge is 0.464 e. The second kappa shape index (κ2) is 14.9. The predicted octanol–water partition coefficient (Wildman–Crippen LogP) is 4.91. The summed E-state index contributed by atoms with van der Waals surface area (Å²) in [7, 11) is 0. The number of esters is 2. The van der Waals surface area contributed by atoms with Crippen molar-refractivity contribution in [3.63, 3.8) is 0 Å². The first-order valence-corrected chi connectivity index (χ1v) is 11.1. The minimum absolute atomic E-state index is 0.0975. The zero-order valence-electron chi connectivity index (χ0n) is 17.8. The Balaban J connectivity index is 2.16. The molecule has 0 spiro atoms. The van der Waals surface area contributed by atoms with Gasteiger partial charge in [0.15, 0.2) is 0 Å². The van der Waals surface area contributed by atoms with Crippen molar-refractivity contribution in [3.05, 3.63) is 0 Å². The smallest absolute Gasteiger partial charge is 0.302 e. The lowest BCUT2D eigenvalue weighted by molar-refractivity contribution is -0.152. The van der Waals surface area contributed by atoms with Gasteiger partial charge in [-0.05, 0) is 19.3 Å². The molecular formula is C22H41NO4. The number of carbonyl (C=O) groups excluding carboxylic acids is 2. The fourth-order valence-corrected chi connectivity index (χ4v) is 3.88. The van der Waals surface area contributed by atoms with Crippen molar-refractivity contribution in [2.75, 3.05) is 6.61 Å². The first-order valence-electron chi connectivity index (χ1n) is 11.1. The molecule has 1 aliphatic heterocycles. The third kappa shape index (κ3) is 12.1. The van der Waals surface area contributed by atoms with Gasteiger partial charge in [0, 0.05) is 19.9 Å². The number of piperidine rings is 1. The highest BCUT2D eigenvalue weighted by Gasteiger charge is 2.32. The van der Waals surface area contributed by atoms with E-state index in [1.54, 1.807) is 0 Å². The van der Waals surface area contributed by atoms with E-state index in [0.29, 0.717) is 6.04 Å². The third-order valence-corrected chi connectivity index (χ3v) is 5.39. The number of nitrogens with one attached hydrogen (secondary N) is 1. The Morgan fingerprint density at radius 2 is 1.44 bits per heavy atom. The molecule has 0 amide bonds. The molecular weight excluding hydrogens is 342 g/mol. The van der Waals surface area contributed by atoms with E-state index in [-0.39, 0.29) is 30.7 Å². The number of hydrogen-bond acceptors (Lipinski definition) is 5. The molecule has 0 unspecified atom stereocenters. The Morgan fingerprint density at radius 3 is 2.00 bits per heavy atom. The third-order valence-electron chi connectivity index (χ3n) is 5.39. The maximum absolute atomic E-state index is 11.3. The molecule has 0 bridgehead atoms. The molecule has 1 fully saturated rings. The maximum atomic E-state index is 11.3. The van der Waals surface area contributed by atoms with Crippen molar-refractivity contribution in [2.24, 2.45) is 0 Å². The molecule has 0 aromatic heterocycles. The molecule has 5 nitrogen and oxygen atoms in total. The molecule has 0 aromatic rings. The van der Waals surface area contributed by atoms with E-state index >= 15 is 0 Å². The monoisotopic (exact) mass is 383 g/mol. The molecule has 0 radical (unpaired) electrons. The van der Waals surface area contributed by atoms with E-state index < -0.39 is 0 Å². The van der Waals surface area contributed by atoms with Gasteiger partial charge in [-0.1, -0.05) is 71.1 Å². The van der Waals surface area contributed by atoms with Crippen LogP contribution in [0.25, 0.3) is 0 Å². The number of carbonyl (C=O) groups is 2. The topological polar surface area (TPSA) is 64.6 Å². The first kappa shape index (κ1) is 23.9. The standard InChI is InChI=1S/C22H41NO4/c1-4-5-6-7-8-9-10-11-12-13-14-20-15-16-22(27-19(3)25)21(23-20)17-26-18(2)24/h20-23H,4-17H2,1-3H3/t20-,21+,22-/m1/s1. The molecule has 0 aromatic carbocycles. The molecule has 3 atom stereocenters. The molecule has 27 heavy (non-hydrogen) atoms. The minimum Gasteiger partial charge on any atom is -0.464 e. The van der Waals surface area contributed by atoms with E-state index in [1.165, 1.54) is 78.1 Å². The summed E-state index contributed by atoms with van der Waals surface area (Å²) in [6, 6.07) is 0.325. The Morgan fingerprint density at radius 1 is 0.852 bits per heavy atom. The van der Waals surface area contributed by atoms with Crippen LogP contribution >= 0.6 is 0 Å². The van der Waals surface area contributed by atoms with Gasteiger partial charge in [0.2, 0.25) is 0 Å². The van der Waals surface area contributed by atoms with Crippen molar-refractivity contribution in [1.82, 2.24) is 5.32 Å². The van der Waals surface area contributed by atoms with Crippen LogP contribution in [-0.4, -0.2) is 36.7 Å². The van der Waals surface area contributed by atoms with Gasteiger partial charge in [-0.15, -0.1) is 0 Å². The van der Waals surface area contributed by atoms with Gasteiger partial charge in [-0.25, -0.2) is 0 Å². The molecule has 1 heterocycles. The van der Waals surface area contributed by atoms with E-state index in [4.69, 9.17) is 9.47 Å². The van der Waals surface area contributed by atoms with Crippen LogP contribution in [0.4, 0.5) is 0 Å². The van der Waals surface area contributed by atoms with Gasteiger partial charge in [-0.3, -0.25) is 9.59 Å². The fourth-order valence-electron chi connectivity index (χ4n) is 3.88. The quantitative estimate of drug-likeness (QED) is 0.341. The summed E-state index contributed by atoms with van der Waals surface area (Å²) in [4.78, 5) is 22.4. The van der Waals surface area contributed by atoms with Crippen molar-refractivity contribution >= 4 is 11.9 Å². The maximum Gasteiger partial charge on any atom is 0.302 e. The molecule has 158 valence electrons. The van der Waals surface area contributed by atoms with Crippen LogP contribution in [-0.2, 0) is 19.1 Å². The zero-order chi connectivity index (χ0) is 19.9. The van der Waals surface area contributed by atoms with Gasteiger partial charge >= 0.3 is 11.9 Å². The lowest BCUT2D eigenvalue weighted by Gasteiger charge is -2.36. The SMILES string of the molecule is CCCCCCCCCCCC[C@@H]1CC[C@@H](OC(C)=O)[C@H](COC(C)=O)N1. The lowest BCUT2D eigenvalue weighted by Crippen LogP contribution is -2.54. The summed E-state index contributed by atoms with van der Waals surface area (Å²) < 4.78 is 10.6. The Labute approximate surface area is 165 Å². The molecule has 1 rings (SSSR count). The molecule has 0 aliphatic carbocycles. The highest BCUT2D eigenvalue weighted by Crippen LogP contribution is 2.21. The lowest BCUT2D eigenvalue weighted by atomic mass is 9.92. The summed E-state index contributed by atoms with van der Waals surface area (Å²) >= 11 is 0. The summed E-state index contributed by atoms with van der Waals surface area (Å²) in [5.41, 5.74) is 0. The average molecular weight is 384 g/mol. The fraction of sp³-hybridized carbons (Fsp3) is 0.909. The number of hydrogen-bond donors (Lipinski definition) is 1. The number of ether oxygens (including phenoxy) is 2. The van der Waals surface area contributed by atoms with Gasteiger partial charge in [-0.2, -0.15) is 0 Å². The Hall–Kier alpha value is -1.10. The normalized spacial score (nSPS) is 22.4. The van der Waals surface area contributed by atoms with Crippen LogP contribution < -0.4 is 5.32 Å². The predicted molar refractivity (Wildman–Crippen MR) is 109 cm³/mol.